The highest BCUT2D eigenvalue weighted by Crippen LogP contribution is 2.12. The molecular weight excluding hydrogens is 286 g/mol. The molecule has 0 bridgehead atoms. The molecule has 0 atom stereocenters. The summed E-state index contributed by atoms with van der Waals surface area (Å²) in [4.78, 5) is 15.6. The lowest BCUT2D eigenvalue weighted by Crippen LogP contribution is -2.08. The zero-order chi connectivity index (χ0) is 16.6. The maximum atomic E-state index is 11.7. The second-order valence-corrected chi connectivity index (χ2v) is 6.24. The van der Waals surface area contributed by atoms with Crippen molar-refractivity contribution in [3.63, 3.8) is 0 Å². The first-order chi connectivity index (χ1) is 11.3. The molecule has 0 aliphatic rings. The third-order valence-electron chi connectivity index (χ3n) is 4.11. The van der Waals surface area contributed by atoms with Gasteiger partial charge in [0.1, 0.15) is 5.69 Å². The molecule has 0 aromatic carbocycles. The van der Waals surface area contributed by atoms with E-state index in [2.05, 4.69) is 11.9 Å². The van der Waals surface area contributed by atoms with Crippen molar-refractivity contribution in [3.8, 4) is 0 Å². The van der Waals surface area contributed by atoms with Crippen molar-refractivity contribution in [2.24, 2.45) is 0 Å². The lowest BCUT2D eigenvalue weighted by Gasteiger charge is -2.04. The first-order valence-electron chi connectivity index (χ1n) is 9.42. The first kappa shape index (κ1) is 19.7. The normalized spacial score (nSPS) is 10.7. The summed E-state index contributed by atoms with van der Waals surface area (Å²) in [5.74, 6) is -0.311. The molecule has 130 valence electrons. The first-order valence-corrected chi connectivity index (χ1v) is 9.42. The topological polar surface area (TPSA) is 39.2 Å². The Bertz CT molecular complexity index is 392. The molecule has 1 aromatic rings. The van der Waals surface area contributed by atoms with Crippen molar-refractivity contribution in [1.29, 1.82) is 0 Å². The number of pyridine rings is 1. The van der Waals surface area contributed by atoms with Crippen LogP contribution in [0.15, 0.2) is 24.4 Å². The van der Waals surface area contributed by atoms with Gasteiger partial charge in [-0.05, 0) is 18.6 Å². The molecule has 1 aromatic heterocycles. The van der Waals surface area contributed by atoms with Gasteiger partial charge >= 0.3 is 5.97 Å². The average Bonchev–Trinajstić information content (AvgIpc) is 2.59. The van der Waals surface area contributed by atoms with E-state index in [0.29, 0.717) is 12.3 Å². The van der Waals surface area contributed by atoms with E-state index in [1.165, 1.54) is 64.2 Å². The van der Waals surface area contributed by atoms with Crippen molar-refractivity contribution in [2.45, 2.75) is 84.0 Å². The molecule has 0 aliphatic carbocycles. The number of rotatable bonds is 14. The Morgan fingerprint density at radius 2 is 1.43 bits per heavy atom. The molecule has 0 unspecified atom stereocenters. The van der Waals surface area contributed by atoms with E-state index >= 15 is 0 Å². The molecule has 3 heteroatoms. The minimum Gasteiger partial charge on any atom is -0.461 e. The Hall–Kier alpha value is -1.38. The maximum Gasteiger partial charge on any atom is 0.356 e. The Labute approximate surface area is 141 Å². The summed E-state index contributed by atoms with van der Waals surface area (Å²) in [6.07, 6.45) is 17.3. The van der Waals surface area contributed by atoms with E-state index in [9.17, 15) is 4.79 Å². The van der Waals surface area contributed by atoms with Crippen LogP contribution in [0.5, 0.6) is 0 Å². The highest BCUT2D eigenvalue weighted by Gasteiger charge is 2.06. The van der Waals surface area contributed by atoms with Crippen LogP contribution in [0.4, 0.5) is 0 Å². The van der Waals surface area contributed by atoms with Crippen LogP contribution >= 0.6 is 0 Å². The molecule has 0 saturated heterocycles. The van der Waals surface area contributed by atoms with Crippen molar-refractivity contribution < 1.29 is 9.53 Å². The van der Waals surface area contributed by atoms with E-state index < -0.39 is 0 Å². The minimum absolute atomic E-state index is 0.311. The molecule has 23 heavy (non-hydrogen) atoms. The number of hydrogen-bond acceptors (Lipinski definition) is 3. The van der Waals surface area contributed by atoms with Gasteiger partial charge in [-0.15, -0.1) is 0 Å². The minimum atomic E-state index is -0.311. The second-order valence-electron chi connectivity index (χ2n) is 6.24. The Balaban J connectivity index is 1.82. The lowest BCUT2D eigenvalue weighted by atomic mass is 10.1. The summed E-state index contributed by atoms with van der Waals surface area (Å²) in [7, 11) is 0. The van der Waals surface area contributed by atoms with Gasteiger partial charge in [-0.3, -0.25) is 0 Å². The van der Waals surface area contributed by atoms with Crippen molar-refractivity contribution in [3.05, 3.63) is 30.1 Å². The molecule has 3 nitrogen and oxygen atoms in total. The van der Waals surface area contributed by atoms with Gasteiger partial charge in [-0.2, -0.15) is 0 Å². The molecule has 0 N–H and O–H groups in total. The van der Waals surface area contributed by atoms with Crippen LogP contribution < -0.4 is 0 Å². The van der Waals surface area contributed by atoms with E-state index in [4.69, 9.17) is 4.74 Å². The predicted molar refractivity (Wildman–Crippen MR) is 95.6 cm³/mol. The zero-order valence-electron chi connectivity index (χ0n) is 14.8. The second kappa shape index (κ2) is 14.2. The molecule has 0 fully saturated rings. The number of nitrogens with zero attached hydrogens (tertiary/aromatic N) is 1. The van der Waals surface area contributed by atoms with Gasteiger partial charge in [0.2, 0.25) is 0 Å². The Kier molecular flexibility index (Phi) is 12.2. The molecule has 0 saturated carbocycles. The number of esters is 1. The van der Waals surface area contributed by atoms with Crippen LogP contribution in [0.3, 0.4) is 0 Å². The predicted octanol–water partition coefficient (Wildman–Crippen LogP) is 5.94. The van der Waals surface area contributed by atoms with Gasteiger partial charge in [-0.1, -0.05) is 83.6 Å². The summed E-state index contributed by atoms with van der Waals surface area (Å²) in [5.41, 5.74) is 0.395. The molecule has 0 radical (unpaired) electrons. The molecule has 1 heterocycles. The number of carbonyl (C=O) groups is 1. The largest absolute Gasteiger partial charge is 0.461 e. The maximum absolute atomic E-state index is 11.7. The van der Waals surface area contributed by atoms with Gasteiger partial charge in [0.25, 0.3) is 0 Å². The van der Waals surface area contributed by atoms with Crippen LogP contribution in [-0.4, -0.2) is 17.6 Å². The lowest BCUT2D eigenvalue weighted by molar-refractivity contribution is 0.0491. The summed E-state index contributed by atoms with van der Waals surface area (Å²) >= 11 is 0. The van der Waals surface area contributed by atoms with Gasteiger partial charge in [0.05, 0.1) is 6.61 Å². The van der Waals surface area contributed by atoms with Crippen molar-refractivity contribution in [1.82, 2.24) is 4.98 Å². The quantitative estimate of drug-likeness (QED) is 0.315. The van der Waals surface area contributed by atoms with Gasteiger partial charge in [0, 0.05) is 6.20 Å². The van der Waals surface area contributed by atoms with Gasteiger partial charge in [-0.25, -0.2) is 9.78 Å². The number of unbranched alkanes of at least 4 members (excludes halogenated alkanes) is 11. The molecule has 0 aliphatic heterocycles. The van der Waals surface area contributed by atoms with Crippen LogP contribution in [0.1, 0.15) is 94.5 Å². The molecule has 1 rings (SSSR count). The fraction of sp³-hybridized carbons (Fsp3) is 0.700. The Morgan fingerprint density at radius 1 is 0.870 bits per heavy atom. The average molecular weight is 319 g/mol. The third kappa shape index (κ3) is 10.9. The smallest absolute Gasteiger partial charge is 0.356 e. The van der Waals surface area contributed by atoms with Crippen molar-refractivity contribution >= 4 is 5.97 Å². The third-order valence-corrected chi connectivity index (χ3v) is 4.11. The van der Waals surface area contributed by atoms with E-state index in [1.807, 2.05) is 0 Å². The zero-order valence-corrected chi connectivity index (χ0v) is 14.8. The van der Waals surface area contributed by atoms with Crippen LogP contribution in [0.25, 0.3) is 0 Å². The fourth-order valence-electron chi connectivity index (χ4n) is 2.67. The molecular formula is C20H33NO2. The molecule has 0 spiro atoms. The van der Waals surface area contributed by atoms with E-state index in [-0.39, 0.29) is 5.97 Å². The highest BCUT2D eigenvalue weighted by atomic mass is 16.5. The molecule has 0 amide bonds. The highest BCUT2D eigenvalue weighted by molar-refractivity contribution is 5.87. The van der Waals surface area contributed by atoms with Crippen LogP contribution in [-0.2, 0) is 4.74 Å². The monoisotopic (exact) mass is 319 g/mol. The van der Waals surface area contributed by atoms with Gasteiger partial charge < -0.3 is 4.74 Å². The summed E-state index contributed by atoms with van der Waals surface area (Å²) < 4.78 is 5.22. The number of aromatic nitrogens is 1. The number of ether oxygens (including phenoxy) is 1. The summed E-state index contributed by atoms with van der Waals surface area (Å²) in [6.45, 7) is 2.77. The van der Waals surface area contributed by atoms with Crippen LogP contribution in [0, 0.1) is 0 Å². The standard InChI is InChI=1S/C20H33NO2/c1-2-3-4-5-6-7-8-9-10-11-12-15-18-23-20(22)19-16-13-14-17-21-19/h13-14,16-17H,2-12,15,18H2,1H3. The van der Waals surface area contributed by atoms with Crippen LogP contribution in [0.2, 0.25) is 0 Å². The SMILES string of the molecule is CCCCCCCCCCCCCCOC(=O)c1ccccn1. The fourth-order valence-corrected chi connectivity index (χ4v) is 2.67. The number of hydrogen-bond donors (Lipinski definition) is 0. The van der Waals surface area contributed by atoms with E-state index in [1.54, 1.807) is 24.4 Å². The number of carbonyl (C=O) groups excluding carboxylic acids is 1. The Morgan fingerprint density at radius 3 is 1.96 bits per heavy atom. The summed E-state index contributed by atoms with van der Waals surface area (Å²) in [5, 5.41) is 0. The van der Waals surface area contributed by atoms with Crippen molar-refractivity contribution in [2.75, 3.05) is 6.61 Å². The van der Waals surface area contributed by atoms with Gasteiger partial charge in [0.15, 0.2) is 0 Å². The summed E-state index contributed by atoms with van der Waals surface area (Å²) in [6, 6.07) is 5.28. The van der Waals surface area contributed by atoms with E-state index in [0.717, 1.165) is 12.8 Å².